The van der Waals surface area contributed by atoms with Gasteiger partial charge in [-0.05, 0) is 64.0 Å². The fraction of sp³-hybridized carbons (Fsp3) is 0.522. The van der Waals surface area contributed by atoms with Gasteiger partial charge in [0.1, 0.15) is 11.6 Å². The Hall–Kier alpha value is -2.66. The van der Waals surface area contributed by atoms with Crippen molar-refractivity contribution >= 4 is 33.8 Å². The SMILES string of the molecule is CN1CCC(Nc2cccc3c2cc(-c2nnc(CNC(=O)C4CC4)s2)n3CC(F)(F)F)CC1. The summed E-state index contributed by atoms with van der Waals surface area (Å²) in [7, 11) is 2.09. The fourth-order valence-electron chi connectivity index (χ4n) is 4.39. The van der Waals surface area contributed by atoms with Gasteiger partial charge in [0.05, 0.1) is 17.8 Å². The van der Waals surface area contributed by atoms with E-state index in [-0.39, 0.29) is 24.4 Å². The van der Waals surface area contributed by atoms with Crippen LogP contribution in [0.2, 0.25) is 0 Å². The first-order valence-corrected chi connectivity index (χ1v) is 12.3. The van der Waals surface area contributed by atoms with Crippen LogP contribution in [-0.4, -0.2) is 57.9 Å². The molecule has 0 radical (unpaired) electrons. The molecule has 0 unspecified atom stereocenters. The maximum Gasteiger partial charge on any atom is 0.406 e. The van der Waals surface area contributed by atoms with Gasteiger partial charge >= 0.3 is 6.18 Å². The first-order chi connectivity index (χ1) is 16.3. The third-order valence-corrected chi connectivity index (χ3v) is 7.36. The number of nitrogens with zero attached hydrogens (tertiary/aromatic N) is 4. The lowest BCUT2D eigenvalue weighted by Crippen LogP contribution is -2.36. The van der Waals surface area contributed by atoms with Crippen LogP contribution in [0, 0.1) is 5.92 Å². The minimum atomic E-state index is -4.39. The van der Waals surface area contributed by atoms with Crippen molar-refractivity contribution in [2.24, 2.45) is 5.92 Å². The number of fused-ring (bicyclic) bond motifs is 1. The van der Waals surface area contributed by atoms with Gasteiger partial charge in [-0.25, -0.2) is 0 Å². The van der Waals surface area contributed by atoms with E-state index >= 15 is 0 Å². The summed E-state index contributed by atoms with van der Waals surface area (Å²) >= 11 is 1.21. The largest absolute Gasteiger partial charge is 0.406 e. The molecular formula is C23H27F3N6OS. The average molecular weight is 493 g/mol. The molecule has 3 heterocycles. The molecule has 1 saturated heterocycles. The number of piperidine rings is 1. The smallest absolute Gasteiger partial charge is 0.382 e. The first kappa shape index (κ1) is 23.1. The molecule has 3 aromatic rings. The lowest BCUT2D eigenvalue weighted by molar-refractivity contribution is -0.139. The predicted octanol–water partition coefficient (Wildman–Crippen LogP) is 4.25. The molecule has 1 saturated carbocycles. The number of carbonyl (C=O) groups is 1. The quantitative estimate of drug-likeness (QED) is 0.516. The van der Waals surface area contributed by atoms with Crippen LogP contribution < -0.4 is 10.6 Å². The number of carbonyl (C=O) groups excluding carboxylic acids is 1. The molecule has 0 atom stereocenters. The first-order valence-electron chi connectivity index (χ1n) is 11.5. The van der Waals surface area contributed by atoms with Gasteiger partial charge in [0, 0.05) is 23.0 Å². The van der Waals surface area contributed by atoms with E-state index < -0.39 is 12.7 Å². The molecule has 2 N–H and O–H groups in total. The molecule has 2 fully saturated rings. The van der Waals surface area contributed by atoms with Gasteiger partial charge in [-0.2, -0.15) is 13.2 Å². The third-order valence-electron chi connectivity index (χ3n) is 6.41. The standard InChI is InChI=1S/C23H27F3N6OS/c1-31-9-7-15(8-10-31)28-17-3-2-4-18-16(17)11-19(32(18)13-23(24,25)26)22-30-29-20(34-22)12-27-21(33)14-5-6-14/h2-4,11,14-15,28H,5-10,12-13H2,1H3,(H,27,33). The van der Waals surface area contributed by atoms with Crippen LogP contribution in [0.4, 0.5) is 18.9 Å². The summed E-state index contributed by atoms with van der Waals surface area (Å²) < 4.78 is 41.8. The number of alkyl halides is 3. The molecule has 11 heteroatoms. The zero-order valence-electron chi connectivity index (χ0n) is 18.9. The van der Waals surface area contributed by atoms with Crippen molar-refractivity contribution in [2.45, 2.75) is 51.0 Å². The van der Waals surface area contributed by atoms with Gasteiger partial charge in [-0.3, -0.25) is 4.79 Å². The van der Waals surface area contributed by atoms with Crippen LogP contribution in [0.25, 0.3) is 21.6 Å². The van der Waals surface area contributed by atoms with Crippen molar-refractivity contribution in [3.8, 4) is 10.7 Å². The number of hydrogen-bond acceptors (Lipinski definition) is 6. The van der Waals surface area contributed by atoms with Gasteiger partial charge in [0.2, 0.25) is 5.91 Å². The second kappa shape index (κ2) is 9.18. The lowest BCUT2D eigenvalue weighted by atomic mass is 10.0. The topological polar surface area (TPSA) is 75.1 Å². The Morgan fingerprint density at radius 1 is 1.18 bits per heavy atom. The normalized spacial score (nSPS) is 17.9. The Labute approximate surface area is 199 Å². The highest BCUT2D eigenvalue weighted by molar-refractivity contribution is 7.14. The highest BCUT2D eigenvalue weighted by Crippen LogP contribution is 2.36. The predicted molar refractivity (Wildman–Crippen MR) is 126 cm³/mol. The fourth-order valence-corrected chi connectivity index (χ4v) is 5.20. The second-order valence-corrected chi connectivity index (χ2v) is 10.2. The van der Waals surface area contributed by atoms with Gasteiger partial charge < -0.3 is 20.1 Å². The maximum atomic E-state index is 13.5. The molecule has 2 aliphatic rings. The van der Waals surface area contributed by atoms with Crippen molar-refractivity contribution in [2.75, 3.05) is 25.5 Å². The lowest BCUT2D eigenvalue weighted by Gasteiger charge is -2.30. The molecule has 0 bridgehead atoms. The summed E-state index contributed by atoms with van der Waals surface area (Å²) in [6.45, 7) is 1.09. The maximum absolute atomic E-state index is 13.5. The number of amides is 1. The number of hydrogen-bond donors (Lipinski definition) is 2. The molecular weight excluding hydrogens is 465 g/mol. The highest BCUT2D eigenvalue weighted by atomic mass is 32.1. The molecule has 182 valence electrons. The van der Waals surface area contributed by atoms with Crippen LogP contribution in [-0.2, 0) is 17.9 Å². The zero-order valence-corrected chi connectivity index (χ0v) is 19.7. The Bertz CT molecular complexity index is 1180. The molecule has 1 aliphatic carbocycles. The van der Waals surface area contributed by atoms with E-state index in [2.05, 4.69) is 32.8 Å². The van der Waals surface area contributed by atoms with E-state index in [1.165, 1.54) is 15.9 Å². The van der Waals surface area contributed by atoms with Crippen LogP contribution in [0.1, 0.15) is 30.7 Å². The number of anilines is 1. The number of aromatic nitrogens is 3. The molecule has 1 aliphatic heterocycles. The Morgan fingerprint density at radius 3 is 2.65 bits per heavy atom. The number of likely N-dealkylation sites (tertiary alicyclic amines) is 1. The van der Waals surface area contributed by atoms with Crippen LogP contribution in [0.15, 0.2) is 24.3 Å². The average Bonchev–Trinajstić information content (AvgIpc) is 3.44. The van der Waals surface area contributed by atoms with Crippen LogP contribution in [0.3, 0.4) is 0 Å². The van der Waals surface area contributed by atoms with Crippen molar-refractivity contribution in [1.29, 1.82) is 0 Å². The summed E-state index contributed by atoms with van der Waals surface area (Å²) in [5, 5.41) is 16.4. The second-order valence-electron chi connectivity index (χ2n) is 9.18. The minimum absolute atomic E-state index is 0.00689. The van der Waals surface area contributed by atoms with Gasteiger partial charge in [0.15, 0.2) is 5.01 Å². The van der Waals surface area contributed by atoms with E-state index in [0.717, 1.165) is 49.8 Å². The van der Waals surface area contributed by atoms with E-state index in [4.69, 9.17) is 0 Å². The highest BCUT2D eigenvalue weighted by Gasteiger charge is 2.32. The van der Waals surface area contributed by atoms with E-state index in [9.17, 15) is 18.0 Å². The summed E-state index contributed by atoms with van der Waals surface area (Å²) in [5.41, 5.74) is 1.71. The van der Waals surface area contributed by atoms with Crippen molar-refractivity contribution in [3.63, 3.8) is 0 Å². The van der Waals surface area contributed by atoms with E-state index in [1.807, 2.05) is 6.07 Å². The number of rotatable bonds is 7. The van der Waals surface area contributed by atoms with E-state index in [1.54, 1.807) is 18.2 Å². The molecule has 7 nitrogen and oxygen atoms in total. The van der Waals surface area contributed by atoms with Gasteiger partial charge in [-0.1, -0.05) is 17.4 Å². The monoisotopic (exact) mass is 492 g/mol. The van der Waals surface area contributed by atoms with Gasteiger partial charge in [0.25, 0.3) is 0 Å². The minimum Gasteiger partial charge on any atom is -0.382 e. The molecule has 5 rings (SSSR count). The Balaban J connectivity index is 1.45. The van der Waals surface area contributed by atoms with E-state index in [0.29, 0.717) is 21.2 Å². The molecule has 2 aromatic heterocycles. The Kier molecular flexibility index (Phi) is 6.24. The van der Waals surface area contributed by atoms with Crippen molar-refractivity contribution in [1.82, 2.24) is 25.0 Å². The Morgan fingerprint density at radius 2 is 1.94 bits per heavy atom. The number of halogens is 3. The molecule has 1 amide bonds. The molecule has 34 heavy (non-hydrogen) atoms. The summed E-state index contributed by atoms with van der Waals surface area (Å²) in [6.07, 6.45) is -0.619. The van der Waals surface area contributed by atoms with Gasteiger partial charge in [-0.15, -0.1) is 10.2 Å². The van der Waals surface area contributed by atoms with Crippen molar-refractivity contribution in [3.05, 3.63) is 29.3 Å². The summed E-state index contributed by atoms with van der Waals surface area (Å²) in [4.78, 5) is 14.2. The zero-order chi connectivity index (χ0) is 23.9. The molecule has 1 aromatic carbocycles. The van der Waals surface area contributed by atoms with Crippen molar-refractivity contribution < 1.29 is 18.0 Å². The third kappa shape index (κ3) is 5.20. The summed E-state index contributed by atoms with van der Waals surface area (Å²) in [5.74, 6) is 0.0738. The number of benzene rings is 1. The summed E-state index contributed by atoms with van der Waals surface area (Å²) in [6, 6.07) is 7.46. The molecule has 0 spiro atoms. The van der Waals surface area contributed by atoms with Crippen LogP contribution in [0.5, 0.6) is 0 Å². The number of nitrogens with one attached hydrogen (secondary N) is 2. The van der Waals surface area contributed by atoms with Crippen LogP contribution >= 0.6 is 11.3 Å².